The predicted octanol–water partition coefficient (Wildman–Crippen LogP) is 2.17. The number of amides is 1. The summed E-state index contributed by atoms with van der Waals surface area (Å²) < 4.78 is 14.0. The van der Waals surface area contributed by atoms with Gasteiger partial charge in [0, 0.05) is 12.6 Å². The molecule has 1 unspecified atom stereocenters. The van der Waals surface area contributed by atoms with Gasteiger partial charge in [-0.05, 0) is 35.7 Å². The Morgan fingerprint density at radius 3 is 2.72 bits per heavy atom. The molecule has 1 atom stereocenters. The first kappa shape index (κ1) is 19.0. The van der Waals surface area contributed by atoms with Gasteiger partial charge in [0.05, 0.1) is 19.3 Å². The molecule has 8 nitrogen and oxygen atoms in total. The van der Waals surface area contributed by atoms with E-state index in [1.54, 1.807) is 24.4 Å². The maximum Gasteiger partial charge on any atom is 0.350 e. The Bertz CT molecular complexity index is 1090. The zero-order valence-corrected chi connectivity index (χ0v) is 16.5. The highest BCUT2D eigenvalue weighted by molar-refractivity contribution is 5.76. The van der Waals surface area contributed by atoms with Crippen molar-refractivity contribution in [3.63, 3.8) is 0 Å². The van der Waals surface area contributed by atoms with Crippen molar-refractivity contribution in [1.29, 1.82) is 0 Å². The molecule has 0 radical (unpaired) electrons. The summed E-state index contributed by atoms with van der Waals surface area (Å²) in [5.74, 6) is 1.27. The summed E-state index contributed by atoms with van der Waals surface area (Å²) in [5, 5.41) is 7.25. The lowest BCUT2D eigenvalue weighted by molar-refractivity contribution is -0.123. The van der Waals surface area contributed by atoms with Crippen LogP contribution in [0.3, 0.4) is 0 Å². The minimum atomic E-state index is -0.340. The molecule has 1 amide bonds. The lowest BCUT2D eigenvalue weighted by Gasteiger charge is -2.23. The van der Waals surface area contributed by atoms with Crippen LogP contribution in [0.4, 0.5) is 0 Å². The van der Waals surface area contributed by atoms with Crippen LogP contribution in [-0.2, 0) is 11.3 Å². The van der Waals surface area contributed by atoms with E-state index in [0.717, 1.165) is 17.7 Å². The van der Waals surface area contributed by atoms with Gasteiger partial charge in [-0.15, -0.1) is 5.10 Å². The maximum atomic E-state index is 12.7. The average molecular weight is 396 g/mol. The summed E-state index contributed by atoms with van der Waals surface area (Å²) in [4.78, 5) is 25.1. The van der Waals surface area contributed by atoms with Crippen LogP contribution in [0.15, 0.2) is 47.4 Å². The molecule has 8 heteroatoms. The number of benzene rings is 1. The average Bonchev–Trinajstić information content (AvgIpc) is 2.88. The van der Waals surface area contributed by atoms with Crippen LogP contribution in [0.1, 0.15) is 31.9 Å². The van der Waals surface area contributed by atoms with Crippen molar-refractivity contribution in [3.05, 3.63) is 58.6 Å². The topological polar surface area (TPSA) is 86.9 Å². The Balaban J connectivity index is 1.53. The van der Waals surface area contributed by atoms with Gasteiger partial charge in [-0.3, -0.25) is 9.20 Å². The standard InChI is InChI=1S/C21H24N4O4/c1-14(2)20(15-7-8-16-17(12-15)29-11-5-10-28-16)22-19(26)13-25-21(27)24-9-4-3-6-18(24)23-25/h3-4,6-9,12,14,20H,5,10-11,13H2,1-2H3,(H,22,26). The van der Waals surface area contributed by atoms with Gasteiger partial charge in [-0.2, -0.15) is 0 Å². The third-order valence-corrected chi connectivity index (χ3v) is 4.90. The molecule has 0 fully saturated rings. The second-order valence-corrected chi connectivity index (χ2v) is 7.41. The van der Waals surface area contributed by atoms with E-state index in [0.29, 0.717) is 24.6 Å². The van der Waals surface area contributed by atoms with Crippen molar-refractivity contribution in [2.75, 3.05) is 13.2 Å². The fraction of sp³-hybridized carbons (Fsp3) is 0.381. The van der Waals surface area contributed by atoms with E-state index in [2.05, 4.69) is 10.4 Å². The largest absolute Gasteiger partial charge is 0.490 e. The number of rotatable bonds is 5. The summed E-state index contributed by atoms with van der Waals surface area (Å²) in [6.45, 7) is 5.15. The molecule has 152 valence electrons. The Labute approximate surface area is 168 Å². The number of carbonyl (C=O) groups is 1. The third kappa shape index (κ3) is 3.96. The number of nitrogens with zero attached hydrogens (tertiary/aromatic N) is 3. The normalized spacial score (nSPS) is 14.6. The highest BCUT2D eigenvalue weighted by atomic mass is 16.5. The zero-order chi connectivity index (χ0) is 20.4. The maximum absolute atomic E-state index is 12.7. The summed E-state index contributed by atoms with van der Waals surface area (Å²) in [6, 6.07) is 10.8. The summed E-state index contributed by atoms with van der Waals surface area (Å²) in [6.07, 6.45) is 2.47. The van der Waals surface area contributed by atoms with E-state index in [1.165, 1.54) is 9.08 Å². The summed E-state index contributed by atoms with van der Waals surface area (Å²) in [7, 11) is 0. The van der Waals surface area contributed by atoms with Gasteiger partial charge >= 0.3 is 5.69 Å². The highest BCUT2D eigenvalue weighted by Crippen LogP contribution is 2.34. The first-order chi connectivity index (χ1) is 14.0. The van der Waals surface area contributed by atoms with Gasteiger partial charge in [-0.1, -0.05) is 26.0 Å². The van der Waals surface area contributed by atoms with Crippen LogP contribution >= 0.6 is 0 Å². The van der Waals surface area contributed by atoms with Crippen molar-refractivity contribution in [1.82, 2.24) is 19.5 Å². The van der Waals surface area contributed by atoms with E-state index < -0.39 is 0 Å². The summed E-state index contributed by atoms with van der Waals surface area (Å²) >= 11 is 0. The number of carbonyl (C=O) groups excluding carboxylic acids is 1. The minimum Gasteiger partial charge on any atom is -0.490 e. The molecule has 0 saturated carbocycles. The van der Waals surface area contributed by atoms with Crippen molar-refractivity contribution >= 4 is 11.6 Å². The van der Waals surface area contributed by atoms with Gasteiger partial charge in [0.15, 0.2) is 17.1 Å². The number of hydrogen-bond donors (Lipinski definition) is 1. The fourth-order valence-electron chi connectivity index (χ4n) is 3.43. The number of fused-ring (bicyclic) bond motifs is 2. The quantitative estimate of drug-likeness (QED) is 0.714. The van der Waals surface area contributed by atoms with Crippen molar-refractivity contribution in [2.45, 2.75) is 32.9 Å². The first-order valence-electron chi connectivity index (χ1n) is 9.76. The van der Waals surface area contributed by atoms with Crippen LogP contribution < -0.4 is 20.5 Å². The molecule has 0 aliphatic carbocycles. The van der Waals surface area contributed by atoms with Gasteiger partial charge < -0.3 is 14.8 Å². The molecular formula is C21H24N4O4. The van der Waals surface area contributed by atoms with Crippen LogP contribution in [0.2, 0.25) is 0 Å². The molecular weight excluding hydrogens is 372 g/mol. The smallest absolute Gasteiger partial charge is 0.350 e. The fourth-order valence-corrected chi connectivity index (χ4v) is 3.43. The Morgan fingerprint density at radius 1 is 1.17 bits per heavy atom. The Kier molecular flexibility index (Phi) is 5.24. The van der Waals surface area contributed by atoms with Crippen molar-refractivity contribution < 1.29 is 14.3 Å². The molecule has 4 rings (SSSR count). The van der Waals surface area contributed by atoms with Crippen LogP contribution in [0.25, 0.3) is 5.65 Å². The lowest BCUT2D eigenvalue weighted by atomic mass is 9.95. The number of hydrogen-bond acceptors (Lipinski definition) is 5. The van der Waals surface area contributed by atoms with Crippen molar-refractivity contribution in [3.8, 4) is 11.5 Å². The molecule has 0 spiro atoms. The van der Waals surface area contributed by atoms with E-state index in [4.69, 9.17) is 9.47 Å². The van der Waals surface area contributed by atoms with Gasteiger partial charge in [-0.25, -0.2) is 9.48 Å². The number of pyridine rings is 1. The molecule has 1 aliphatic rings. The molecule has 0 saturated heterocycles. The minimum absolute atomic E-state index is 0.140. The zero-order valence-electron chi connectivity index (χ0n) is 16.5. The van der Waals surface area contributed by atoms with E-state index in [1.807, 2.05) is 32.0 Å². The lowest BCUT2D eigenvalue weighted by Crippen LogP contribution is -2.36. The molecule has 29 heavy (non-hydrogen) atoms. The SMILES string of the molecule is CC(C)C(NC(=O)Cn1nc2ccccn2c1=O)c1ccc2c(c1)OCCCO2. The van der Waals surface area contributed by atoms with E-state index >= 15 is 0 Å². The van der Waals surface area contributed by atoms with Gasteiger partial charge in [0.25, 0.3) is 0 Å². The van der Waals surface area contributed by atoms with Crippen LogP contribution in [0.5, 0.6) is 11.5 Å². The molecule has 1 N–H and O–H groups in total. The molecule has 3 aromatic rings. The highest BCUT2D eigenvalue weighted by Gasteiger charge is 2.22. The van der Waals surface area contributed by atoms with Crippen LogP contribution in [-0.4, -0.2) is 33.3 Å². The number of nitrogens with one attached hydrogen (secondary N) is 1. The van der Waals surface area contributed by atoms with Gasteiger partial charge in [0.2, 0.25) is 5.91 Å². The number of ether oxygens (including phenoxy) is 2. The Hall–Kier alpha value is -3.29. The first-order valence-corrected chi connectivity index (χ1v) is 9.76. The second-order valence-electron chi connectivity index (χ2n) is 7.41. The monoisotopic (exact) mass is 396 g/mol. The van der Waals surface area contributed by atoms with Crippen molar-refractivity contribution in [2.24, 2.45) is 5.92 Å². The van der Waals surface area contributed by atoms with E-state index in [9.17, 15) is 9.59 Å². The summed E-state index contributed by atoms with van der Waals surface area (Å²) in [5.41, 5.74) is 1.10. The van der Waals surface area contributed by atoms with Crippen LogP contribution in [0, 0.1) is 5.92 Å². The number of aromatic nitrogens is 3. The predicted molar refractivity (Wildman–Crippen MR) is 107 cm³/mol. The molecule has 0 bridgehead atoms. The molecule has 1 aromatic carbocycles. The third-order valence-electron chi connectivity index (χ3n) is 4.90. The molecule has 1 aliphatic heterocycles. The van der Waals surface area contributed by atoms with Gasteiger partial charge in [0.1, 0.15) is 6.54 Å². The molecule has 2 aromatic heterocycles. The van der Waals surface area contributed by atoms with E-state index in [-0.39, 0.29) is 30.1 Å². The Morgan fingerprint density at radius 2 is 1.97 bits per heavy atom. The second kappa shape index (κ2) is 7.98. The molecule has 3 heterocycles.